The lowest BCUT2D eigenvalue weighted by Gasteiger charge is -2.68. The Morgan fingerprint density at radius 2 is 1.13 bits per heavy atom. The van der Waals surface area contributed by atoms with Crippen LogP contribution in [0, 0.1) is 39.4 Å². The van der Waals surface area contributed by atoms with E-state index in [1.54, 1.807) is 0 Å². The summed E-state index contributed by atoms with van der Waals surface area (Å²) in [6.45, 7) is 14.2. The number of rotatable bonds is 16. The van der Waals surface area contributed by atoms with E-state index in [0.717, 1.165) is 17.6 Å². The average Bonchev–Trinajstić information content (AvgIpc) is 3.96. The van der Waals surface area contributed by atoms with Crippen LogP contribution in [0.15, 0.2) is 23.3 Å². The van der Waals surface area contributed by atoms with Crippen molar-refractivity contribution in [2.45, 2.75) is 247 Å². The van der Waals surface area contributed by atoms with Crippen molar-refractivity contribution in [3.63, 3.8) is 0 Å². The second kappa shape index (κ2) is 23.3. The fourth-order valence-electron chi connectivity index (χ4n) is 15.5. The van der Waals surface area contributed by atoms with E-state index >= 15 is 0 Å². The molecule has 0 radical (unpaired) electrons. The molecule has 0 bridgehead atoms. The molecule has 4 heterocycles. The molecular formula is C54H90O23. The van der Waals surface area contributed by atoms with Crippen molar-refractivity contribution in [3.05, 3.63) is 23.3 Å². The zero-order valence-corrected chi connectivity index (χ0v) is 45.5. The van der Waals surface area contributed by atoms with Crippen molar-refractivity contribution >= 4 is 0 Å². The lowest BCUT2D eigenvalue weighted by Crippen LogP contribution is -2.66. The first-order chi connectivity index (χ1) is 36.0. The van der Waals surface area contributed by atoms with Crippen molar-refractivity contribution in [2.24, 2.45) is 39.4 Å². The standard InChI is InChI=1S/C54H90O23/c1-23(2)10-9-14-54(8,77-48-44(69)40(65)37(62)29(74-48)22-70-46-42(67)38(63)34(59)26(19-55)71-46)24-11-16-53(7)33(24)25(58)18-31-51(5)15-13-32(50(3,4)30(51)12-17-52(31,53)6)75-49-45(41(66)36(61)28(21-57)73-49)76-47-43(68)39(64)35(60)27(20-56)72-47/h10,12,24-29,31-49,55-69H,9,11,13-22H2,1-8H3. The Kier molecular flexibility index (Phi) is 18.7. The van der Waals surface area contributed by atoms with Gasteiger partial charge in [0, 0.05) is 5.41 Å². The van der Waals surface area contributed by atoms with Gasteiger partial charge in [-0.05, 0) is 106 Å². The second-order valence-electron chi connectivity index (χ2n) is 25.3. The highest BCUT2D eigenvalue weighted by Crippen LogP contribution is 2.75. The van der Waals surface area contributed by atoms with E-state index in [2.05, 4.69) is 46.8 Å². The molecule has 4 saturated heterocycles. The van der Waals surface area contributed by atoms with Crippen LogP contribution in [0.3, 0.4) is 0 Å². The summed E-state index contributed by atoms with van der Waals surface area (Å²) in [4.78, 5) is 0. The summed E-state index contributed by atoms with van der Waals surface area (Å²) >= 11 is 0. The van der Waals surface area contributed by atoms with Crippen LogP contribution in [0.25, 0.3) is 0 Å². The minimum Gasteiger partial charge on any atom is -0.394 e. The van der Waals surface area contributed by atoms with Gasteiger partial charge in [-0.25, -0.2) is 0 Å². The summed E-state index contributed by atoms with van der Waals surface area (Å²) in [5, 5.41) is 162. The van der Waals surface area contributed by atoms with Crippen molar-refractivity contribution < 1.29 is 114 Å². The Hall–Kier alpha value is -1.44. The van der Waals surface area contributed by atoms with Crippen LogP contribution in [-0.4, -0.2) is 244 Å². The number of fused-ring (bicyclic) bond motifs is 5. The zero-order valence-electron chi connectivity index (χ0n) is 45.5. The highest BCUT2D eigenvalue weighted by atomic mass is 16.8. The topological polar surface area (TPSA) is 377 Å². The van der Waals surface area contributed by atoms with Crippen molar-refractivity contribution in [1.29, 1.82) is 0 Å². The van der Waals surface area contributed by atoms with Gasteiger partial charge in [-0.15, -0.1) is 0 Å². The Morgan fingerprint density at radius 1 is 0.610 bits per heavy atom. The van der Waals surface area contributed by atoms with Gasteiger partial charge in [0.2, 0.25) is 0 Å². The van der Waals surface area contributed by atoms with Gasteiger partial charge >= 0.3 is 0 Å². The van der Waals surface area contributed by atoms with Crippen LogP contribution in [0.4, 0.5) is 0 Å². The average molecular weight is 1110 g/mol. The van der Waals surface area contributed by atoms with E-state index in [1.807, 2.05) is 20.8 Å². The maximum Gasteiger partial charge on any atom is 0.187 e. The molecule has 8 rings (SSSR count). The van der Waals surface area contributed by atoms with Gasteiger partial charge in [0.25, 0.3) is 0 Å². The van der Waals surface area contributed by atoms with Crippen molar-refractivity contribution in [3.8, 4) is 0 Å². The first kappa shape index (κ1) is 61.6. The van der Waals surface area contributed by atoms with E-state index in [0.29, 0.717) is 44.9 Å². The van der Waals surface area contributed by atoms with Gasteiger partial charge in [0.15, 0.2) is 25.2 Å². The van der Waals surface area contributed by atoms with Gasteiger partial charge in [0.1, 0.15) is 97.7 Å². The summed E-state index contributed by atoms with van der Waals surface area (Å²) in [7, 11) is 0. The summed E-state index contributed by atoms with van der Waals surface area (Å²) in [6.07, 6.45) is -24.3. The highest BCUT2D eigenvalue weighted by Gasteiger charge is 2.71. The molecule has 29 atom stereocenters. The largest absolute Gasteiger partial charge is 0.394 e. The second-order valence-corrected chi connectivity index (χ2v) is 25.3. The first-order valence-electron chi connectivity index (χ1n) is 27.6. The molecule has 4 aliphatic heterocycles. The molecule has 7 fully saturated rings. The van der Waals surface area contributed by atoms with E-state index in [4.69, 9.17) is 37.9 Å². The van der Waals surface area contributed by atoms with Crippen LogP contribution in [0.5, 0.6) is 0 Å². The molecule has 0 spiro atoms. The first-order valence-corrected chi connectivity index (χ1v) is 27.6. The van der Waals surface area contributed by atoms with Gasteiger partial charge in [-0.2, -0.15) is 0 Å². The summed E-state index contributed by atoms with van der Waals surface area (Å²) < 4.78 is 48.8. The number of aliphatic hydroxyl groups is 15. The monoisotopic (exact) mass is 1110 g/mol. The molecule has 0 aromatic heterocycles. The van der Waals surface area contributed by atoms with Crippen LogP contribution in [0.1, 0.15) is 107 Å². The van der Waals surface area contributed by atoms with Crippen LogP contribution < -0.4 is 0 Å². The number of aliphatic hydroxyl groups excluding tert-OH is 15. The molecule has 8 aliphatic rings. The van der Waals surface area contributed by atoms with Crippen LogP contribution in [0.2, 0.25) is 0 Å². The maximum atomic E-state index is 12.8. The molecule has 15 N–H and O–H groups in total. The van der Waals surface area contributed by atoms with E-state index in [9.17, 15) is 76.6 Å². The molecule has 4 aliphatic carbocycles. The fourth-order valence-corrected chi connectivity index (χ4v) is 15.5. The minimum atomic E-state index is -1.83. The molecule has 0 aromatic carbocycles. The molecule has 444 valence electrons. The summed E-state index contributed by atoms with van der Waals surface area (Å²) in [5.74, 6) is -0.631. The van der Waals surface area contributed by atoms with E-state index in [-0.39, 0.29) is 23.2 Å². The molecular weight excluding hydrogens is 1020 g/mol. The van der Waals surface area contributed by atoms with Gasteiger partial charge in [-0.1, -0.05) is 57.9 Å². The minimum absolute atomic E-state index is 0.0309. The third-order valence-electron chi connectivity index (χ3n) is 20.2. The lowest BCUT2D eigenvalue weighted by atomic mass is 9.37. The van der Waals surface area contributed by atoms with Crippen LogP contribution in [-0.2, 0) is 37.9 Å². The zero-order chi connectivity index (χ0) is 56.6. The van der Waals surface area contributed by atoms with Crippen molar-refractivity contribution in [2.75, 3.05) is 26.4 Å². The number of ether oxygens (including phenoxy) is 8. The van der Waals surface area contributed by atoms with Gasteiger partial charge < -0.3 is 114 Å². The predicted octanol–water partition coefficient (Wildman–Crippen LogP) is -2.28. The number of hydrogen-bond donors (Lipinski definition) is 15. The van der Waals surface area contributed by atoms with Crippen molar-refractivity contribution in [1.82, 2.24) is 0 Å². The highest BCUT2D eigenvalue weighted by molar-refractivity contribution is 5.34. The molecule has 29 unspecified atom stereocenters. The Bertz CT molecular complexity index is 2060. The Morgan fingerprint density at radius 3 is 1.71 bits per heavy atom. The molecule has 77 heavy (non-hydrogen) atoms. The lowest BCUT2D eigenvalue weighted by molar-refractivity contribution is -0.375. The number of hydrogen-bond acceptors (Lipinski definition) is 23. The number of allylic oxidation sites excluding steroid dienone is 3. The molecule has 23 heteroatoms. The smallest absolute Gasteiger partial charge is 0.187 e. The normalized spacial score (nSPS) is 51.6. The van der Waals surface area contributed by atoms with Crippen LogP contribution >= 0.6 is 0 Å². The SMILES string of the molecule is CC(C)=CCCC(C)(OC1OC(COC2OC(CO)C(O)C(O)C2O)C(O)C(O)C1O)C1CCC2(C)C1C(O)CC1C3(C)CCC(OC4OC(CO)C(O)C(O)C4OC4OC(CO)C(O)C(O)C4O)C(C)(C)C3=CCC12C. The summed E-state index contributed by atoms with van der Waals surface area (Å²) in [5.41, 5.74) is -0.902. The Labute approximate surface area is 449 Å². The molecule has 0 amide bonds. The third kappa shape index (κ3) is 10.8. The molecule has 23 nitrogen and oxygen atoms in total. The van der Waals surface area contributed by atoms with Gasteiger partial charge in [0.05, 0.1) is 44.2 Å². The quantitative estimate of drug-likeness (QED) is 0.0724. The molecule has 3 saturated carbocycles. The molecule has 0 aromatic rings. The maximum absolute atomic E-state index is 12.8. The van der Waals surface area contributed by atoms with Gasteiger partial charge in [-0.3, -0.25) is 0 Å². The summed E-state index contributed by atoms with van der Waals surface area (Å²) in [6, 6.07) is 0. The predicted molar refractivity (Wildman–Crippen MR) is 266 cm³/mol. The van der Waals surface area contributed by atoms with E-state index in [1.165, 1.54) is 0 Å². The fraction of sp³-hybridized carbons (Fsp3) is 0.926. The third-order valence-corrected chi connectivity index (χ3v) is 20.2. The Balaban J connectivity index is 1.03. The van der Waals surface area contributed by atoms with E-state index < -0.39 is 183 Å².